The number of unbranched alkanes of at least 4 members (excludes halogenated alkanes) is 1. The minimum Gasteiger partial charge on any atom is -0.340 e. The Labute approximate surface area is 291 Å². The number of hydrogen-bond donors (Lipinski definition) is 0. The van der Waals surface area contributed by atoms with Gasteiger partial charge >= 0.3 is 0 Å². The molecule has 1 saturated carbocycles. The van der Waals surface area contributed by atoms with Crippen molar-refractivity contribution in [1.29, 1.82) is 0 Å². The first-order valence-corrected chi connectivity index (χ1v) is 18.5. The molecule has 0 radical (unpaired) electrons. The van der Waals surface area contributed by atoms with Crippen molar-refractivity contribution >= 4 is 65.4 Å². The van der Waals surface area contributed by atoms with E-state index < -0.39 is 0 Å². The average Bonchev–Trinajstić information content (AvgIpc) is 3.99. The van der Waals surface area contributed by atoms with Crippen LogP contribution in [-0.4, -0.2) is 13.7 Å². The first-order valence-electron chi connectivity index (χ1n) is 18.5. The van der Waals surface area contributed by atoms with Gasteiger partial charge in [-0.15, -0.1) is 0 Å². The highest BCUT2D eigenvalue weighted by atomic mass is 15.0. The molecule has 3 aromatic heterocycles. The van der Waals surface area contributed by atoms with Crippen LogP contribution in [0.3, 0.4) is 0 Å². The average molecular weight is 646 g/mol. The third-order valence-electron chi connectivity index (χ3n) is 12.1. The van der Waals surface area contributed by atoms with Gasteiger partial charge in [0.15, 0.2) is 0 Å². The molecule has 0 saturated heterocycles. The molecule has 2 bridgehead atoms. The lowest BCUT2D eigenvalue weighted by Crippen LogP contribution is -2.07. The van der Waals surface area contributed by atoms with Gasteiger partial charge in [-0.05, 0) is 104 Å². The summed E-state index contributed by atoms with van der Waals surface area (Å²) in [5, 5.41) is 7.83. The van der Waals surface area contributed by atoms with E-state index >= 15 is 0 Å². The summed E-state index contributed by atoms with van der Waals surface area (Å²) >= 11 is 0. The summed E-state index contributed by atoms with van der Waals surface area (Å²) in [6.07, 6.45) is 11.7. The molecule has 3 atom stereocenters. The van der Waals surface area contributed by atoms with Gasteiger partial charge in [0.2, 0.25) is 0 Å². The Morgan fingerprint density at radius 1 is 0.440 bits per heavy atom. The van der Waals surface area contributed by atoms with Crippen LogP contribution >= 0.6 is 0 Å². The fraction of sp³-hybridized carbons (Fsp3) is 0.191. The molecule has 3 unspecified atom stereocenters. The Morgan fingerprint density at radius 2 is 0.920 bits per heavy atom. The molecule has 11 rings (SSSR count). The highest BCUT2D eigenvalue weighted by Crippen LogP contribution is 2.46. The fourth-order valence-corrected chi connectivity index (χ4v) is 9.90. The number of hydrogen-bond acceptors (Lipinski definition) is 0. The third-order valence-corrected chi connectivity index (χ3v) is 12.1. The Bertz CT molecular complexity index is 2530. The molecule has 50 heavy (non-hydrogen) atoms. The Hall–Kier alpha value is -5.54. The van der Waals surface area contributed by atoms with E-state index in [0.29, 0.717) is 0 Å². The highest BCUT2D eigenvalue weighted by molar-refractivity contribution is 6.13. The first-order chi connectivity index (χ1) is 24.8. The third kappa shape index (κ3) is 4.16. The van der Waals surface area contributed by atoms with Crippen molar-refractivity contribution in [3.8, 4) is 11.4 Å². The summed E-state index contributed by atoms with van der Waals surface area (Å²) in [4.78, 5) is 0. The Morgan fingerprint density at radius 3 is 1.36 bits per heavy atom. The van der Waals surface area contributed by atoms with E-state index in [1.165, 1.54) is 109 Å². The van der Waals surface area contributed by atoms with E-state index in [9.17, 15) is 0 Å². The highest BCUT2D eigenvalue weighted by Gasteiger charge is 2.34. The van der Waals surface area contributed by atoms with Crippen LogP contribution in [0.2, 0.25) is 0 Å². The van der Waals surface area contributed by atoms with Crippen LogP contribution in [-0.2, 0) is 6.54 Å². The van der Waals surface area contributed by atoms with Crippen LogP contribution in [0.4, 0.5) is 0 Å². The van der Waals surface area contributed by atoms with Crippen LogP contribution in [0.5, 0.6) is 0 Å². The zero-order chi connectivity index (χ0) is 32.8. The molecule has 0 N–H and O–H groups in total. The number of aryl methyl sites for hydroxylation is 1. The van der Waals surface area contributed by atoms with E-state index in [-0.39, 0.29) is 0 Å². The largest absolute Gasteiger partial charge is 0.340 e. The van der Waals surface area contributed by atoms with Gasteiger partial charge in [0.25, 0.3) is 0 Å². The molecule has 6 aromatic carbocycles. The van der Waals surface area contributed by atoms with Gasteiger partial charge in [-0.1, -0.05) is 91.4 Å². The predicted molar refractivity (Wildman–Crippen MR) is 211 cm³/mol. The zero-order valence-corrected chi connectivity index (χ0v) is 28.2. The molecule has 3 heteroatoms. The topological polar surface area (TPSA) is 14.8 Å². The summed E-state index contributed by atoms with van der Waals surface area (Å²) < 4.78 is 7.51. The predicted octanol–water partition coefficient (Wildman–Crippen LogP) is 12.4. The molecule has 0 amide bonds. The molecular formula is C47H39N3. The van der Waals surface area contributed by atoms with E-state index in [2.05, 4.69) is 159 Å². The van der Waals surface area contributed by atoms with E-state index in [0.717, 1.165) is 24.3 Å². The second-order valence-corrected chi connectivity index (χ2v) is 14.8. The van der Waals surface area contributed by atoms with Crippen molar-refractivity contribution in [2.45, 2.75) is 38.6 Å². The quantitative estimate of drug-likeness (QED) is 0.121. The minimum atomic E-state index is 0.840. The second kappa shape index (κ2) is 11.0. The van der Waals surface area contributed by atoms with Gasteiger partial charge in [0.1, 0.15) is 0 Å². The normalized spacial score (nSPS) is 18.7. The van der Waals surface area contributed by atoms with Gasteiger partial charge in [-0.2, -0.15) is 0 Å². The van der Waals surface area contributed by atoms with Crippen molar-refractivity contribution < 1.29 is 0 Å². The van der Waals surface area contributed by atoms with Crippen LogP contribution in [0.25, 0.3) is 76.8 Å². The number of rotatable bonds is 7. The monoisotopic (exact) mass is 645 g/mol. The van der Waals surface area contributed by atoms with Crippen molar-refractivity contribution in [2.24, 2.45) is 17.8 Å². The van der Waals surface area contributed by atoms with Crippen molar-refractivity contribution in [3.05, 3.63) is 146 Å². The summed E-state index contributed by atoms with van der Waals surface area (Å²) in [5.74, 6) is 2.59. The lowest BCUT2D eigenvalue weighted by molar-refractivity contribution is 0.393. The van der Waals surface area contributed by atoms with Crippen LogP contribution < -0.4 is 0 Å². The van der Waals surface area contributed by atoms with E-state index in [1.54, 1.807) is 0 Å². The van der Waals surface area contributed by atoms with E-state index in [4.69, 9.17) is 0 Å². The summed E-state index contributed by atoms with van der Waals surface area (Å²) in [6.45, 7) is 1.04. The molecule has 3 heterocycles. The maximum atomic E-state index is 2.61. The maximum absolute atomic E-state index is 2.61. The van der Waals surface area contributed by atoms with Gasteiger partial charge in [0.05, 0.1) is 22.1 Å². The zero-order valence-electron chi connectivity index (χ0n) is 28.2. The lowest BCUT2D eigenvalue weighted by atomic mass is 9.89. The maximum Gasteiger partial charge on any atom is 0.0541 e. The number of benzene rings is 6. The summed E-state index contributed by atoms with van der Waals surface area (Å²) in [7, 11) is 0. The van der Waals surface area contributed by atoms with Gasteiger partial charge in [0, 0.05) is 61.3 Å². The smallest absolute Gasteiger partial charge is 0.0541 e. The van der Waals surface area contributed by atoms with E-state index in [1.807, 2.05) is 0 Å². The summed E-state index contributed by atoms with van der Waals surface area (Å²) in [5.41, 5.74) is 10.1. The van der Waals surface area contributed by atoms with Crippen molar-refractivity contribution in [3.63, 3.8) is 0 Å². The molecule has 3 nitrogen and oxygen atoms in total. The first kappa shape index (κ1) is 28.3. The number of para-hydroxylation sites is 4. The molecule has 2 aliphatic rings. The second-order valence-electron chi connectivity index (χ2n) is 14.8. The van der Waals surface area contributed by atoms with Crippen molar-refractivity contribution in [1.82, 2.24) is 13.7 Å². The van der Waals surface area contributed by atoms with Crippen LogP contribution in [0, 0.1) is 17.8 Å². The van der Waals surface area contributed by atoms with Crippen LogP contribution in [0.15, 0.2) is 146 Å². The molecule has 0 aliphatic heterocycles. The lowest BCUT2D eigenvalue weighted by Gasteiger charge is -2.18. The Balaban J connectivity index is 1.08. The summed E-state index contributed by atoms with van der Waals surface area (Å²) in [6, 6.07) is 49.6. The number of nitrogens with zero attached hydrogens (tertiary/aromatic N) is 3. The van der Waals surface area contributed by atoms with Crippen LogP contribution in [0.1, 0.15) is 32.1 Å². The van der Waals surface area contributed by atoms with Gasteiger partial charge in [-0.25, -0.2) is 0 Å². The Kier molecular flexibility index (Phi) is 6.22. The number of allylic oxidation sites excluding steroid dienone is 2. The SMILES string of the molecule is C1=CC2CC1CC2CCCCn1c2ccc(-n3c4ccccc4c4ccccc43)cc2c2cc(-n3c4ccccc4c4ccccc43)ccc21. The molecule has 1 fully saturated rings. The van der Waals surface area contributed by atoms with Gasteiger partial charge in [-0.3, -0.25) is 0 Å². The molecule has 2 aliphatic carbocycles. The number of aromatic nitrogens is 3. The van der Waals surface area contributed by atoms with Gasteiger partial charge < -0.3 is 13.7 Å². The number of fused-ring (bicyclic) bond motifs is 11. The minimum absolute atomic E-state index is 0.840. The standard InChI is InChI=1S/C47H39N3/c1-5-16-44-36(12-1)37-13-2-6-17-45(37)49(44)34-22-24-42-40(29-34)41-30-35(50-46-18-7-3-14-38(46)39-15-4-8-19-47(39)50)23-25-43(41)48(42)26-10-9-11-32-27-31-20-21-33(32)28-31/h1-8,12-25,29-33H,9-11,26-28H2. The molecule has 0 spiro atoms. The van der Waals surface area contributed by atoms with Crippen molar-refractivity contribution in [2.75, 3.05) is 0 Å². The molecule has 242 valence electrons. The molecular weight excluding hydrogens is 607 g/mol. The molecule has 9 aromatic rings. The fourth-order valence-electron chi connectivity index (χ4n) is 9.90.